The van der Waals surface area contributed by atoms with Gasteiger partial charge in [-0.25, -0.2) is 0 Å². The SMILES string of the molecule is Cc1ccc(C(N)C(=O)NCC(C)N(C)C2CC2)cc1. The number of nitrogens with zero attached hydrogens (tertiary/aromatic N) is 1. The van der Waals surface area contributed by atoms with E-state index in [1.165, 1.54) is 18.4 Å². The van der Waals surface area contributed by atoms with E-state index < -0.39 is 6.04 Å². The molecule has 0 bridgehead atoms. The fourth-order valence-electron chi connectivity index (χ4n) is 2.27. The Morgan fingerprint density at radius 2 is 2.00 bits per heavy atom. The summed E-state index contributed by atoms with van der Waals surface area (Å²) < 4.78 is 0. The molecule has 1 aromatic carbocycles. The lowest BCUT2D eigenvalue weighted by Gasteiger charge is -2.25. The quantitative estimate of drug-likeness (QED) is 0.829. The molecule has 2 atom stereocenters. The highest BCUT2D eigenvalue weighted by atomic mass is 16.2. The molecule has 1 aliphatic rings. The molecule has 20 heavy (non-hydrogen) atoms. The molecule has 4 heteroatoms. The van der Waals surface area contributed by atoms with Gasteiger partial charge in [-0.2, -0.15) is 0 Å². The Morgan fingerprint density at radius 1 is 1.40 bits per heavy atom. The molecule has 0 spiro atoms. The van der Waals surface area contributed by atoms with Gasteiger partial charge in [0.05, 0.1) is 0 Å². The molecular weight excluding hydrogens is 250 g/mol. The largest absolute Gasteiger partial charge is 0.353 e. The molecule has 0 saturated heterocycles. The van der Waals surface area contributed by atoms with Gasteiger partial charge in [-0.3, -0.25) is 9.69 Å². The number of nitrogens with one attached hydrogen (secondary N) is 1. The Hall–Kier alpha value is -1.39. The van der Waals surface area contributed by atoms with Gasteiger partial charge in [-0.15, -0.1) is 0 Å². The second kappa shape index (κ2) is 6.37. The minimum atomic E-state index is -0.589. The van der Waals surface area contributed by atoms with Gasteiger partial charge in [0.15, 0.2) is 0 Å². The number of likely N-dealkylation sites (N-methyl/N-ethyl adjacent to an activating group) is 1. The first-order valence-corrected chi connectivity index (χ1v) is 7.31. The third-order valence-electron chi connectivity index (χ3n) is 4.11. The number of benzene rings is 1. The van der Waals surface area contributed by atoms with Crippen molar-refractivity contribution in [1.29, 1.82) is 0 Å². The van der Waals surface area contributed by atoms with E-state index in [0.717, 1.165) is 5.56 Å². The summed E-state index contributed by atoms with van der Waals surface area (Å²) in [6.45, 7) is 4.80. The lowest BCUT2D eigenvalue weighted by Crippen LogP contribution is -2.43. The van der Waals surface area contributed by atoms with Crippen LogP contribution in [-0.4, -0.2) is 36.5 Å². The maximum atomic E-state index is 12.1. The number of amides is 1. The van der Waals surface area contributed by atoms with Crippen LogP contribution in [0.4, 0.5) is 0 Å². The molecule has 3 N–H and O–H groups in total. The minimum Gasteiger partial charge on any atom is -0.353 e. The van der Waals surface area contributed by atoms with E-state index >= 15 is 0 Å². The average molecular weight is 275 g/mol. The topological polar surface area (TPSA) is 58.4 Å². The summed E-state index contributed by atoms with van der Waals surface area (Å²) in [5.41, 5.74) is 8.02. The summed E-state index contributed by atoms with van der Waals surface area (Å²) in [5, 5.41) is 2.95. The Balaban J connectivity index is 1.83. The first-order chi connectivity index (χ1) is 9.49. The zero-order valence-corrected chi connectivity index (χ0v) is 12.6. The molecule has 2 rings (SSSR count). The van der Waals surface area contributed by atoms with Crippen LogP contribution in [0.15, 0.2) is 24.3 Å². The van der Waals surface area contributed by atoms with E-state index in [0.29, 0.717) is 18.6 Å². The molecule has 110 valence electrons. The zero-order valence-electron chi connectivity index (χ0n) is 12.6. The van der Waals surface area contributed by atoms with Gasteiger partial charge in [0.25, 0.3) is 0 Å². The number of rotatable bonds is 6. The maximum Gasteiger partial charge on any atom is 0.241 e. The van der Waals surface area contributed by atoms with Crippen molar-refractivity contribution in [3.63, 3.8) is 0 Å². The summed E-state index contributed by atoms with van der Waals surface area (Å²) in [6, 6.07) is 8.25. The number of hydrogen-bond donors (Lipinski definition) is 2. The highest BCUT2D eigenvalue weighted by molar-refractivity contribution is 5.82. The predicted molar refractivity (Wildman–Crippen MR) is 81.4 cm³/mol. The number of hydrogen-bond acceptors (Lipinski definition) is 3. The zero-order chi connectivity index (χ0) is 14.7. The highest BCUT2D eigenvalue weighted by Gasteiger charge is 2.29. The van der Waals surface area contributed by atoms with Crippen LogP contribution in [0, 0.1) is 6.92 Å². The summed E-state index contributed by atoms with van der Waals surface area (Å²) in [7, 11) is 2.12. The molecule has 1 amide bonds. The van der Waals surface area contributed by atoms with Crippen LogP contribution in [-0.2, 0) is 4.79 Å². The van der Waals surface area contributed by atoms with Crippen molar-refractivity contribution in [2.45, 2.75) is 44.8 Å². The Kier molecular flexibility index (Phi) is 4.78. The second-order valence-electron chi connectivity index (χ2n) is 5.88. The van der Waals surface area contributed by atoms with Gasteiger partial charge in [-0.05, 0) is 39.3 Å². The van der Waals surface area contributed by atoms with Crippen molar-refractivity contribution in [1.82, 2.24) is 10.2 Å². The summed E-state index contributed by atoms with van der Waals surface area (Å²) >= 11 is 0. The molecule has 1 aliphatic carbocycles. The van der Waals surface area contributed by atoms with E-state index in [2.05, 4.69) is 24.2 Å². The van der Waals surface area contributed by atoms with Gasteiger partial charge in [-0.1, -0.05) is 29.8 Å². The van der Waals surface area contributed by atoms with Crippen LogP contribution in [0.2, 0.25) is 0 Å². The summed E-state index contributed by atoms with van der Waals surface area (Å²) in [5.74, 6) is -0.107. The monoisotopic (exact) mass is 275 g/mol. The molecule has 0 heterocycles. The van der Waals surface area contributed by atoms with E-state index in [1.54, 1.807) is 0 Å². The van der Waals surface area contributed by atoms with Crippen molar-refractivity contribution in [2.24, 2.45) is 5.73 Å². The van der Waals surface area contributed by atoms with Gasteiger partial charge in [0, 0.05) is 18.6 Å². The van der Waals surface area contributed by atoms with Crippen molar-refractivity contribution >= 4 is 5.91 Å². The Morgan fingerprint density at radius 3 is 2.55 bits per heavy atom. The van der Waals surface area contributed by atoms with Crippen molar-refractivity contribution in [2.75, 3.05) is 13.6 Å². The van der Waals surface area contributed by atoms with Gasteiger partial charge in [0.2, 0.25) is 5.91 Å². The molecule has 0 radical (unpaired) electrons. The number of carbonyl (C=O) groups is 1. The second-order valence-corrected chi connectivity index (χ2v) is 5.88. The predicted octanol–water partition coefficient (Wildman–Crippen LogP) is 1.59. The van der Waals surface area contributed by atoms with Crippen LogP contribution in [0.1, 0.15) is 36.9 Å². The third kappa shape index (κ3) is 3.81. The molecule has 1 saturated carbocycles. The molecule has 1 fully saturated rings. The minimum absolute atomic E-state index is 0.107. The standard InChI is InChI=1S/C16H25N3O/c1-11-4-6-13(7-5-11)15(17)16(20)18-10-12(2)19(3)14-8-9-14/h4-7,12,14-15H,8-10,17H2,1-3H3,(H,18,20). The van der Waals surface area contributed by atoms with Crippen molar-refractivity contribution < 1.29 is 4.79 Å². The number of carbonyl (C=O) groups excluding carboxylic acids is 1. The Labute approximate surface area is 121 Å². The lowest BCUT2D eigenvalue weighted by molar-refractivity contribution is -0.122. The molecule has 1 aromatic rings. The van der Waals surface area contributed by atoms with Crippen molar-refractivity contribution in [3.8, 4) is 0 Å². The highest BCUT2D eigenvalue weighted by Crippen LogP contribution is 2.26. The summed E-state index contributed by atoms with van der Waals surface area (Å²) in [6.07, 6.45) is 2.55. The summed E-state index contributed by atoms with van der Waals surface area (Å²) in [4.78, 5) is 14.4. The van der Waals surface area contributed by atoms with Crippen LogP contribution in [0.3, 0.4) is 0 Å². The van der Waals surface area contributed by atoms with Crippen LogP contribution in [0.5, 0.6) is 0 Å². The smallest absolute Gasteiger partial charge is 0.241 e. The lowest BCUT2D eigenvalue weighted by atomic mass is 10.1. The number of aryl methyl sites for hydroxylation is 1. The van der Waals surface area contributed by atoms with Gasteiger partial charge < -0.3 is 11.1 Å². The maximum absolute atomic E-state index is 12.1. The van der Waals surface area contributed by atoms with E-state index in [9.17, 15) is 4.79 Å². The fourth-order valence-corrected chi connectivity index (χ4v) is 2.27. The van der Waals surface area contributed by atoms with Crippen LogP contribution in [0.25, 0.3) is 0 Å². The van der Waals surface area contributed by atoms with Crippen molar-refractivity contribution in [3.05, 3.63) is 35.4 Å². The average Bonchev–Trinajstić information content (AvgIpc) is 3.28. The van der Waals surface area contributed by atoms with E-state index in [-0.39, 0.29) is 5.91 Å². The molecule has 0 aromatic heterocycles. The van der Waals surface area contributed by atoms with Crippen LogP contribution < -0.4 is 11.1 Å². The number of nitrogens with two attached hydrogens (primary N) is 1. The molecule has 4 nitrogen and oxygen atoms in total. The Bertz CT molecular complexity index is 453. The molecule has 0 aliphatic heterocycles. The van der Waals surface area contributed by atoms with Crippen LogP contribution >= 0.6 is 0 Å². The van der Waals surface area contributed by atoms with E-state index in [1.807, 2.05) is 31.2 Å². The fraction of sp³-hybridized carbons (Fsp3) is 0.562. The third-order valence-corrected chi connectivity index (χ3v) is 4.11. The molecular formula is C16H25N3O. The molecule has 2 unspecified atom stereocenters. The normalized spacial score (nSPS) is 17.9. The van der Waals surface area contributed by atoms with E-state index in [4.69, 9.17) is 5.73 Å². The van der Waals surface area contributed by atoms with Gasteiger partial charge in [0.1, 0.15) is 6.04 Å². The first-order valence-electron chi connectivity index (χ1n) is 7.31. The first kappa shape index (κ1) is 15.0. The van der Waals surface area contributed by atoms with Gasteiger partial charge >= 0.3 is 0 Å².